The number of hydrogen-bond donors (Lipinski definition) is 1. The summed E-state index contributed by atoms with van der Waals surface area (Å²) in [6.07, 6.45) is 5.81. The van der Waals surface area contributed by atoms with Gasteiger partial charge in [-0.25, -0.2) is 0 Å². The molecule has 0 radical (unpaired) electrons. The van der Waals surface area contributed by atoms with Gasteiger partial charge < -0.3 is 5.32 Å². The van der Waals surface area contributed by atoms with Crippen LogP contribution in [0.3, 0.4) is 0 Å². The second kappa shape index (κ2) is 6.41. The fourth-order valence-corrected chi connectivity index (χ4v) is 2.31. The van der Waals surface area contributed by atoms with E-state index in [9.17, 15) is 0 Å². The molecule has 0 saturated carbocycles. The zero-order valence-corrected chi connectivity index (χ0v) is 11.0. The normalized spacial score (nSPS) is 16.2. The zero-order chi connectivity index (χ0) is 12.8. The van der Waals surface area contributed by atoms with Crippen LogP contribution in [-0.4, -0.2) is 18.0 Å². The van der Waals surface area contributed by atoms with Crippen molar-refractivity contribution in [3.63, 3.8) is 0 Å². The van der Waals surface area contributed by atoms with Crippen molar-refractivity contribution in [3.8, 4) is 0 Å². The maximum atomic E-state index is 3.85. The molecule has 0 spiro atoms. The van der Waals surface area contributed by atoms with Crippen molar-refractivity contribution in [1.29, 1.82) is 0 Å². The number of rotatable bonds is 5. The van der Waals surface area contributed by atoms with Crippen molar-refractivity contribution in [3.05, 3.63) is 54.8 Å². The number of benzene rings is 1. The molecule has 0 aromatic heterocycles. The zero-order valence-electron chi connectivity index (χ0n) is 11.0. The van der Waals surface area contributed by atoms with Crippen LogP contribution in [0.25, 0.3) is 0 Å². The molecule has 1 aromatic rings. The molecule has 1 heterocycles. The molecule has 96 valence electrons. The first-order valence-corrected chi connectivity index (χ1v) is 6.67. The molecule has 1 N–H and O–H groups in total. The van der Waals surface area contributed by atoms with Gasteiger partial charge in [-0.1, -0.05) is 31.7 Å². The number of allylic oxidation sites excluding steroid dienone is 1. The average Bonchev–Trinajstić information content (AvgIpc) is 2.42. The monoisotopic (exact) mass is 242 g/mol. The molecule has 0 aliphatic carbocycles. The maximum absolute atomic E-state index is 3.85. The topological polar surface area (TPSA) is 15.3 Å². The van der Waals surface area contributed by atoms with Gasteiger partial charge in [-0.3, -0.25) is 4.90 Å². The van der Waals surface area contributed by atoms with Gasteiger partial charge in [0.15, 0.2) is 0 Å². The molecule has 2 rings (SSSR count). The van der Waals surface area contributed by atoms with E-state index < -0.39 is 0 Å². The third-order valence-electron chi connectivity index (χ3n) is 3.36. The van der Waals surface area contributed by atoms with Crippen LogP contribution in [0, 0.1) is 0 Å². The Hall–Kier alpha value is -1.54. The van der Waals surface area contributed by atoms with Crippen LogP contribution in [0.1, 0.15) is 24.8 Å². The molecule has 1 fully saturated rings. The minimum absolute atomic E-state index is 0.832. The molecule has 1 aliphatic rings. The lowest BCUT2D eigenvalue weighted by Crippen LogP contribution is -2.29. The lowest BCUT2D eigenvalue weighted by molar-refractivity contribution is 0.221. The number of likely N-dealkylation sites (tertiary alicyclic amines) is 1. The van der Waals surface area contributed by atoms with Crippen LogP contribution in [0.15, 0.2) is 49.2 Å². The lowest BCUT2D eigenvalue weighted by atomic mass is 10.1. The van der Waals surface area contributed by atoms with Gasteiger partial charge in [-0.05, 0) is 49.7 Å². The summed E-state index contributed by atoms with van der Waals surface area (Å²) in [4.78, 5) is 2.54. The summed E-state index contributed by atoms with van der Waals surface area (Å²) in [5, 5.41) is 3.20. The third-order valence-corrected chi connectivity index (χ3v) is 3.36. The summed E-state index contributed by atoms with van der Waals surface area (Å²) >= 11 is 0. The first-order chi connectivity index (χ1) is 8.78. The number of anilines is 1. The first kappa shape index (κ1) is 12.9. The van der Waals surface area contributed by atoms with Gasteiger partial charge in [-0.2, -0.15) is 0 Å². The van der Waals surface area contributed by atoms with Crippen LogP contribution in [-0.2, 0) is 6.54 Å². The minimum atomic E-state index is 0.832. The standard InChI is InChI=1S/C16H22N2/c1-3-14(2)17-16-9-7-15(8-10-16)13-18-11-5-4-6-12-18/h3,7-10,17H,1-2,4-6,11-13H2. The molecule has 0 amide bonds. The molecule has 18 heavy (non-hydrogen) atoms. The van der Waals surface area contributed by atoms with Crippen molar-refractivity contribution in [2.24, 2.45) is 0 Å². The van der Waals surface area contributed by atoms with Gasteiger partial charge in [0.1, 0.15) is 0 Å². The van der Waals surface area contributed by atoms with Gasteiger partial charge in [0, 0.05) is 17.9 Å². The predicted molar refractivity (Wildman–Crippen MR) is 78.5 cm³/mol. The summed E-state index contributed by atoms with van der Waals surface area (Å²) < 4.78 is 0. The number of hydrogen-bond acceptors (Lipinski definition) is 2. The van der Waals surface area contributed by atoms with Crippen LogP contribution >= 0.6 is 0 Å². The largest absolute Gasteiger partial charge is 0.356 e. The summed E-state index contributed by atoms with van der Waals surface area (Å²) in [7, 11) is 0. The SMILES string of the molecule is C=CC(=C)Nc1ccc(CN2CCCCC2)cc1. The van der Waals surface area contributed by atoms with Crippen molar-refractivity contribution in [1.82, 2.24) is 4.90 Å². The number of piperidine rings is 1. The van der Waals surface area contributed by atoms with E-state index in [-0.39, 0.29) is 0 Å². The van der Waals surface area contributed by atoms with E-state index in [0.717, 1.165) is 17.9 Å². The Morgan fingerprint density at radius 1 is 1.17 bits per heavy atom. The van der Waals surface area contributed by atoms with E-state index in [2.05, 4.69) is 47.6 Å². The highest BCUT2D eigenvalue weighted by Gasteiger charge is 2.09. The summed E-state index contributed by atoms with van der Waals surface area (Å²) in [6.45, 7) is 11.1. The molecule has 0 bridgehead atoms. The van der Waals surface area contributed by atoms with Crippen LogP contribution in [0.2, 0.25) is 0 Å². The molecular weight excluding hydrogens is 220 g/mol. The molecule has 1 aromatic carbocycles. The van der Waals surface area contributed by atoms with Crippen LogP contribution < -0.4 is 5.32 Å². The predicted octanol–water partition coefficient (Wildman–Crippen LogP) is 3.78. The van der Waals surface area contributed by atoms with Gasteiger partial charge in [0.05, 0.1) is 0 Å². The molecule has 2 heteroatoms. The van der Waals surface area contributed by atoms with E-state index in [0.29, 0.717) is 0 Å². The van der Waals surface area contributed by atoms with Crippen LogP contribution in [0.4, 0.5) is 5.69 Å². The number of nitrogens with zero attached hydrogens (tertiary/aromatic N) is 1. The second-order valence-corrected chi connectivity index (χ2v) is 4.89. The van der Waals surface area contributed by atoms with E-state index >= 15 is 0 Å². The van der Waals surface area contributed by atoms with Gasteiger partial charge in [0.2, 0.25) is 0 Å². The van der Waals surface area contributed by atoms with Gasteiger partial charge in [0.25, 0.3) is 0 Å². The first-order valence-electron chi connectivity index (χ1n) is 6.67. The quantitative estimate of drug-likeness (QED) is 0.790. The van der Waals surface area contributed by atoms with Gasteiger partial charge >= 0.3 is 0 Å². The third kappa shape index (κ3) is 3.74. The Bertz CT molecular complexity index is 400. The highest BCUT2D eigenvalue weighted by atomic mass is 15.1. The molecular formula is C16H22N2. The summed E-state index contributed by atoms with van der Waals surface area (Å²) in [5.41, 5.74) is 3.28. The maximum Gasteiger partial charge on any atom is 0.0384 e. The Morgan fingerprint density at radius 2 is 1.83 bits per heavy atom. The average molecular weight is 242 g/mol. The van der Waals surface area contributed by atoms with Crippen molar-refractivity contribution in [2.75, 3.05) is 18.4 Å². The smallest absolute Gasteiger partial charge is 0.0384 e. The lowest BCUT2D eigenvalue weighted by Gasteiger charge is -2.26. The Labute approximate surface area is 110 Å². The molecule has 1 aliphatic heterocycles. The Balaban J connectivity index is 1.90. The van der Waals surface area contributed by atoms with E-state index in [1.807, 2.05) is 0 Å². The van der Waals surface area contributed by atoms with E-state index in [1.165, 1.54) is 37.9 Å². The molecule has 1 saturated heterocycles. The second-order valence-electron chi connectivity index (χ2n) is 4.89. The molecule has 2 nitrogen and oxygen atoms in total. The van der Waals surface area contributed by atoms with Gasteiger partial charge in [-0.15, -0.1) is 0 Å². The van der Waals surface area contributed by atoms with Crippen LogP contribution in [0.5, 0.6) is 0 Å². The summed E-state index contributed by atoms with van der Waals surface area (Å²) in [6, 6.07) is 8.59. The van der Waals surface area contributed by atoms with Crippen molar-refractivity contribution >= 4 is 5.69 Å². The number of nitrogens with one attached hydrogen (secondary N) is 1. The fourth-order valence-electron chi connectivity index (χ4n) is 2.31. The highest BCUT2D eigenvalue weighted by Crippen LogP contribution is 2.16. The Kier molecular flexibility index (Phi) is 4.59. The molecule has 0 atom stereocenters. The summed E-state index contributed by atoms with van der Waals surface area (Å²) in [5.74, 6) is 0. The minimum Gasteiger partial charge on any atom is -0.356 e. The fraction of sp³-hybridized carbons (Fsp3) is 0.375. The highest BCUT2D eigenvalue weighted by molar-refractivity contribution is 5.50. The van der Waals surface area contributed by atoms with E-state index in [4.69, 9.17) is 0 Å². The van der Waals surface area contributed by atoms with Crippen molar-refractivity contribution < 1.29 is 0 Å². The molecule has 0 unspecified atom stereocenters. The van der Waals surface area contributed by atoms with Crippen molar-refractivity contribution in [2.45, 2.75) is 25.8 Å². The van der Waals surface area contributed by atoms with E-state index in [1.54, 1.807) is 6.08 Å². The Morgan fingerprint density at radius 3 is 2.44 bits per heavy atom.